The fraction of sp³-hybridized carbons (Fsp3) is 0.524. The van der Waals surface area contributed by atoms with Gasteiger partial charge < -0.3 is 37.6 Å². The van der Waals surface area contributed by atoms with E-state index in [1.807, 2.05) is 0 Å². The van der Waals surface area contributed by atoms with Crippen LogP contribution in [0, 0.1) is 0 Å². The summed E-state index contributed by atoms with van der Waals surface area (Å²) in [4.78, 5) is 48.8. The van der Waals surface area contributed by atoms with Crippen LogP contribution < -0.4 is 27.4 Å². The number of carbonyl (C=O) groups excluding carboxylic acids is 3. The van der Waals surface area contributed by atoms with Gasteiger partial charge in [-0.25, -0.2) is 4.79 Å². The van der Waals surface area contributed by atoms with Crippen LogP contribution in [0.4, 0.5) is 0 Å². The Hall–Kier alpha value is -3.02. The van der Waals surface area contributed by atoms with Crippen molar-refractivity contribution < 1.29 is 29.4 Å². The van der Waals surface area contributed by atoms with Crippen molar-refractivity contribution in [3.05, 3.63) is 35.9 Å². The van der Waals surface area contributed by atoms with Crippen LogP contribution >= 0.6 is 0 Å². The van der Waals surface area contributed by atoms with Gasteiger partial charge in [0.1, 0.15) is 24.2 Å². The van der Waals surface area contributed by atoms with Crippen LogP contribution in [0.5, 0.6) is 0 Å². The fourth-order valence-corrected chi connectivity index (χ4v) is 2.85. The minimum Gasteiger partial charge on any atom is -0.480 e. The Labute approximate surface area is 186 Å². The summed E-state index contributed by atoms with van der Waals surface area (Å²) in [6.07, 6.45) is 1.47. The second kappa shape index (κ2) is 14.1. The third-order valence-electron chi connectivity index (χ3n) is 4.76. The van der Waals surface area contributed by atoms with Gasteiger partial charge >= 0.3 is 5.97 Å². The highest BCUT2D eigenvalue weighted by Crippen LogP contribution is 2.06. The number of nitrogens with one attached hydrogen (secondary N) is 3. The summed E-state index contributed by atoms with van der Waals surface area (Å²) < 4.78 is 0. The number of amides is 3. The van der Waals surface area contributed by atoms with E-state index < -0.39 is 54.5 Å². The Morgan fingerprint density at radius 2 is 1.56 bits per heavy atom. The van der Waals surface area contributed by atoms with Crippen molar-refractivity contribution in [1.29, 1.82) is 0 Å². The molecule has 9 N–H and O–H groups in total. The number of unbranched alkanes of at least 4 members (excludes halogenated alkanes) is 1. The van der Waals surface area contributed by atoms with E-state index in [0.717, 1.165) is 5.56 Å². The maximum absolute atomic E-state index is 12.9. The summed E-state index contributed by atoms with van der Waals surface area (Å²) in [5.74, 6) is -3.22. The van der Waals surface area contributed by atoms with Crippen LogP contribution in [0.1, 0.15) is 31.7 Å². The van der Waals surface area contributed by atoms with E-state index in [4.69, 9.17) is 16.6 Å². The molecule has 178 valence electrons. The minimum atomic E-state index is -1.18. The van der Waals surface area contributed by atoms with Gasteiger partial charge in [0.05, 0.1) is 6.61 Å². The number of hydrogen-bond acceptors (Lipinski definition) is 7. The first kappa shape index (κ1) is 27.0. The van der Waals surface area contributed by atoms with E-state index in [1.54, 1.807) is 30.3 Å². The summed E-state index contributed by atoms with van der Waals surface area (Å²) >= 11 is 0. The highest BCUT2D eigenvalue weighted by molar-refractivity contribution is 5.94. The lowest BCUT2D eigenvalue weighted by Crippen LogP contribution is -2.57. The van der Waals surface area contributed by atoms with Gasteiger partial charge in [-0.2, -0.15) is 0 Å². The Morgan fingerprint density at radius 3 is 2.12 bits per heavy atom. The summed E-state index contributed by atoms with van der Waals surface area (Å²) in [6, 6.07) is 4.48. The molecule has 0 unspecified atom stereocenters. The third kappa shape index (κ3) is 9.41. The molecule has 1 aromatic rings. The van der Waals surface area contributed by atoms with E-state index in [2.05, 4.69) is 16.0 Å². The molecule has 0 radical (unpaired) electrons. The van der Waals surface area contributed by atoms with Crippen molar-refractivity contribution in [3.8, 4) is 0 Å². The number of carboxylic acids is 1. The molecular weight excluding hydrogens is 418 g/mol. The predicted molar refractivity (Wildman–Crippen MR) is 117 cm³/mol. The number of carboxylic acid groups (broad SMARTS) is 1. The first-order valence-electron chi connectivity index (χ1n) is 10.4. The van der Waals surface area contributed by atoms with Crippen LogP contribution in [0.3, 0.4) is 0 Å². The largest absolute Gasteiger partial charge is 0.480 e. The van der Waals surface area contributed by atoms with Crippen molar-refractivity contribution in [2.45, 2.75) is 56.8 Å². The van der Waals surface area contributed by atoms with Crippen LogP contribution in [0.25, 0.3) is 0 Å². The van der Waals surface area contributed by atoms with Gasteiger partial charge in [0.25, 0.3) is 0 Å². The van der Waals surface area contributed by atoms with Gasteiger partial charge in [-0.1, -0.05) is 30.3 Å². The number of aliphatic hydroxyl groups is 1. The van der Waals surface area contributed by atoms with Crippen LogP contribution in [-0.4, -0.2) is 71.2 Å². The molecule has 1 rings (SSSR count). The number of nitrogens with two attached hydrogens (primary N) is 2. The van der Waals surface area contributed by atoms with Gasteiger partial charge in [-0.15, -0.1) is 0 Å². The van der Waals surface area contributed by atoms with E-state index in [9.17, 15) is 24.3 Å². The minimum absolute atomic E-state index is 0.115. The lowest BCUT2D eigenvalue weighted by atomic mass is 10.0. The molecule has 0 aliphatic carbocycles. The van der Waals surface area contributed by atoms with Crippen LogP contribution in [0.2, 0.25) is 0 Å². The lowest BCUT2D eigenvalue weighted by Gasteiger charge is -2.24. The summed E-state index contributed by atoms with van der Waals surface area (Å²) in [5.41, 5.74) is 11.6. The molecule has 0 spiro atoms. The highest BCUT2D eigenvalue weighted by atomic mass is 16.4. The number of rotatable bonds is 14. The second-order valence-corrected chi connectivity index (χ2v) is 7.45. The van der Waals surface area contributed by atoms with Gasteiger partial charge in [0.2, 0.25) is 17.7 Å². The molecule has 1 aromatic carbocycles. The van der Waals surface area contributed by atoms with Gasteiger partial charge in [-0.05, 0) is 38.3 Å². The molecule has 3 amide bonds. The molecule has 0 heterocycles. The Bertz CT molecular complexity index is 760. The smallest absolute Gasteiger partial charge is 0.326 e. The number of aliphatic hydroxyl groups excluding tert-OH is 1. The zero-order valence-corrected chi connectivity index (χ0v) is 18.1. The summed E-state index contributed by atoms with van der Waals surface area (Å²) in [6.45, 7) is 1.23. The Kier molecular flexibility index (Phi) is 11.9. The molecule has 0 aromatic heterocycles. The predicted octanol–water partition coefficient (Wildman–Crippen LogP) is -1.76. The Morgan fingerprint density at radius 1 is 0.938 bits per heavy atom. The topological polar surface area (TPSA) is 197 Å². The van der Waals surface area contributed by atoms with E-state index in [-0.39, 0.29) is 12.8 Å². The Balaban J connectivity index is 2.91. The number of hydrogen-bond donors (Lipinski definition) is 7. The quantitative estimate of drug-likeness (QED) is 0.161. The SMILES string of the molecule is C[C@H](NC(=O)[C@@H](N)CO)C(=O)N[C@@H](Cc1ccccc1)C(=O)N[C@@H](CCCCN)C(=O)O. The first-order chi connectivity index (χ1) is 15.2. The zero-order valence-electron chi connectivity index (χ0n) is 18.1. The molecule has 11 heteroatoms. The average molecular weight is 452 g/mol. The van der Waals surface area contributed by atoms with Crippen molar-refractivity contribution in [2.24, 2.45) is 11.5 Å². The molecule has 0 saturated carbocycles. The number of aliphatic carboxylic acids is 1. The monoisotopic (exact) mass is 451 g/mol. The lowest BCUT2D eigenvalue weighted by molar-refractivity contribution is -0.142. The standard InChI is InChI=1S/C21H33N5O6/c1-13(24-19(29)15(23)12-27)18(28)26-17(11-14-7-3-2-4-8-14)20(30)25-16(21(31)32)9-5-6-10-22/h2-4,7-8,13,15-17,27H,5-6,9-12,22-23H2,1H3,(H,24,29)(H,25,30)(H,26,28)(H,31,32)/t13-,15-,16-,17-/m0/s1. The third-order valence-corrected chi connectivity index (χ3v) is 4.76. The van der Waals surface area contributed by atoms with Crippen LogP contribution in [-0.2, 0) is 25.6 Å². The maximum atomic E-state index is 12.9. The number of benzene rings is 1. The van der Waals surface area contributed by atoms with E-state index in [0.29, 0.717) is 19.4 Å². The second-order valence-electron chi connectivity index (χ2n) is 7.45. The average Bonchev–Trinajstić information content (AvgIpc) is 2.77. The molecule has 0 aliphatic rings. The normalized spacial score (nSPS) is 14.5. The van der Waals surface area contributed by atoms with Crippen molar-refractivity contribution in [1.82, 2.24) is 16.0 Å². The van der Waals surface area contributed by atoms with E-state index in [1.165, 1.54) is 6.92 Å². The molecule has 0 bridgehead atoms. The maximum Gasteiger partial charge on any atom is 0.326 e. The summed E-state index contributed by atoms with van der Waals surface area (Å²) in [7, 11) is 0. The molecule has 0 fully saturated rings. The summed E-state index contributed by atoms with van der Waals surface area (Å²) in [5, 5.41) is 25.8. The highest BCUT2D eigenvalue weighted by Gasteiger charge is 2.28. The van der Waals surface area contributed by atoms with Crippen molar-refractivity contribution in [3.63, 3.8) is 0 Å². The van der Waals surface area contributed by atoms with Gasteiger partial charge in [0, 0.05) is 6.42 Å². The molecule has 0 aliphatic heterocycles. The fourth-order valence-electron chi connectivity index (χ4n) is 2.85. The van der Waals surface area contributed by atoms with Crippen molar-refractivity contribution >= 4 is 23.7 Å². The van der Waals surface area contributed by atoms with Gasteiger partial charge in [0.15, 0.2) is 0 Å². The van der Waals surface area contributed by atoms with Crippen LogP contribution in [0.15, 0.2) is 30.3 Å². The first-order valence-corrected chi connectivity index (χ1v) is 10.4. The molecular formula is C21H33N5O6. The molecule has 32 heavy (non-hydrogen) atoms. The molecule has 11 nitrogen and oxygen atoms in total. The van der Waals surface area contributed by atoms with Gasteiger partial charge in [-0.3, -0.25) is 14.4 Å². The van der Waals surface area contributed by atoms with E-state index >= 15 is 0 Å². The number of carbonyl (C=O) groups is 4. The molecule has 0 saturated heterocycles. The van der Waals surface area contributed by atoms with Crippen molar-refractivity contribution in [2.75, 3.05) is 13.2 Å². The zero-order chi connectivity index (χ0) is 24.1. The molecule has 4 atom stereocenters.